The zero-order chi connectivity index (χ0) is 20.2. The highest BCUT2D eigenvalue weighted by molar-refractivity contribution is 5.98. The Bertz CT molecular complexity index is 995. The van der Waals surface area contributed by atoms with E-state index in [-0.39, 0.29) is 18.1 Å². The lowest BCUT2D eigenvalue weighted by atomic mass is 9.93. The molecule has 29 heavy (non-hydrogen) atoms. The van der Waals surface area contributed by atoms with Gasteiger partial charge in [-0.3, -0.25) is 9.78 Å². The number of hydrogen-bond acceptors (Lipinski definition) is 6. The van der Waals surface area contributed by atoms with Gasteiger partial charge in [-0.05, 0) is 43.9 Å². The molecule has 4 rings (SSSR count). The van der Waals surface area contributed by atoms with Gasteiger partial charge in [0, 0.05) is 23.0 Å². The highest BCUT2D eigenvalue weighted by Gasteiger charge is 2.25. The number of aromatic nitrogens is 3. The Balaban J connectivity index is 1.31. The third-order valence-corrected chi connectivity index (χ3v) is 5.17. The van der Waals surface area contributed by atoms with Gasteiger partial charge in [-0.15, -0.1) is 0 Å². The number of nitrogens with one attached hydrogen (secondary N) is 2. The van der Waals surface area contributed by atoms with Gasteiger partial charge in [0.2, 0.25) is 11.8 Å². The molecule has 0 radical (unpaired) electrons. The minimum absolute atomic E-state index is 0.0603. The van der Waals surface area contributed by atoms with Gasteiger partial charge in [0.1, 0.15) is 17.5 Å². The van der Waals surface area contributed by atoms with Gasteiger partial charge in [-0.1, -0.05) is 0 Å². The van der Waals surface area contributed by atoms with Crippen LogP contribution in [0.25, 0.3) is 10.9 Å². The quantitative estimate of drug-likeness (QED) is 0.664. The smallest absolute Gasteiger partial charge is 0.267 e. The van der Waals surface area contributed by atoms with E-state index in [2.05, 4.69) is 20.3 Å². The van der Waals surface area contributed by atoms with Crippen LogP contribution in [-0.2, 0) is 0 Å². The van der Waals surface area contributed by atoms with Gasteiger partial charge in [0.25, 0.3) is 5.91 Å². The van der Waals surface area contributed by atoms with E-state index in [1.807, 2.05) is 24.3 Å². The number of amides is 1. The molecule has 0 saturated heterocycles. The molecule has 2 N–H and O–H groups in total. The molecule has 152 valence electrons. The molecule has 0 spiro atoms. The summed E-state index contributed by atoms with van der Waals surface area (Å²) in [5, 5.41) is 4.10. The molecule has 0 unspecified atom stereocenters. The number of benzene rings is 1. The number of rotatable bonds is 6. The van der Waals surface area contributed by atoms with Crippen LogP contribution in [0.2, 0.25) is 0 Å². The molecule has 2 heterocycles. The largest absolute Gasteiger partial charge is 0.497 e. The van der Waals surface area contributed by atoms with Crippen LogP contribution < -0.4 is 19.5 Å². The summed E-state index contributed by atoms with van der Waals surface area (Å²) in [6.07, 6.45) is 6.57. The molecule has 1 aliphatic carbocycles. The fraction of sp³-hybridized carbons (Fsp3) is 0.381. The fourth-order valence-corrected chi connectivity index (χ4v) is 3.60. The van der Waals surface area contributed by atoms with Crippen LogP contribution in [0, 0.1) is 0 Å². The molecule has 1 aromatic carbocycles. The number of ether oxygens (including phenoxy) is 3. The molecule has 1 fully saturated rings. The van der Waals surface area contributed by atoms with Crippen molar-refractivity contribution in [1.29, 1.82) is 0 Å². The van der Waals surface area contributed by atoms with Crippen LogP contribution >= 0.6 is 0 Å². The standard InChI is InChI=1S/C21H24N4O4/c1-27-16-6-3-13-9-18(24-17(13)10-16)21(26)23-14-4-7-15(8-5-14)29-20-12-22-11-19(25-20)28-2/h3,6,9-12,14-15,24H,4-5,7-8H2,1-2H3,(H,23,26). The lowest BCUT2D eigenvalue weighted by Crippen LogP contribution is -2.39. The van der Waals surface area contributed by atoms with Gasteiger partial charge >= 0.3 is 0 Å². The second-order valence-corrected chi connectivity index (χ2v) is 7.10. The van der Waals surface area contributed by atoms with Crippen LogP contribution in [0.5, 0.6) is 17.5 Å². The Hall–Kier alpha value is -3.29. The first-order valence-corrected chi connectivity index (χ1v) is 9.65. The molecular formula is C21H24N4O4. The molecule has 1 saturated carbocycles. The highest BCUT2D eigenvalue weighted by Crippen LogP contribution is 2.25. The van der Waals surface area contributed by atoms with E-state index in [0.29, 0.717) is 17.5 Å². The Labute approximate surface area is 168 Å². The van der Waals surface area contributed by atoms with Gasteiger partial charge in [-0.25, -0.2) is 0 Å². The summed E-state index contributed by atoms with van der Waals surface area (Å²) < 4.78 is 16.2. The molecule has 0 bridgehead atoms. The molecular weight excluding hydrogens is 372 g/mol. The van der Waals surface area contributed by atoms with Gasteiger partial charge in [-0.2, -0.15) is 4.98 Å². The van der Waals surface area contributed by atoms with E-state index in [1.54, 1.807) is 26.6 Å². The zero-order valence-corrected chi connectivity index (χ0v) is 16.5. The summed E-state index contributed by atoms with van der Waals surface area (Å²) in [4.78, 5) is 24.1. The number of aromatic amines is 1. The van der Waals surface area contributed by atoms with Crippen molar-refractivity contribution in [3.63, 3.8) is 0 Å². The first kappa shape index (κ1) is 19.0. The average molecular weight is 396 g/mol. The van der Waals surface area contributed by atoms with Crippen molar-refractivity contribution in [2.75, 3.05) is 14.2 Å². The van der Waals surface area contributed by atoms with Crippen molar-refractivity contribution in [1.82, 2.24) is 20.3 Å². The second-order valence-electron chi connectivity index (χ2n) is 7.10. The van der Waals surface area contributed by atoms with Crippen LogP contribution in [0.1, 0.15) is 36.2 Å². The first-order valence-electron chi connectivity index (χ1n) is 9.65. The number of methoxy groups -OCH3 is 2. The first-order chi connectivity index (χ1) is 14.1. The maximum absolute atomic E-state index is 12.6. The fourth-order valence-electron chi connectivity index (χ4n) is 3.60. The topological polar surface area (TPSA) is 98.4 Å². The molecule has 1 aliphatic rings. The number of H-pyrrole nitrogens is 1. The van der Waals surface area contributed by atoms with Crippen molar-refractivity contribution in [3.8, 4) is 17.5 Å². The molecule has 1 amide bonds. The molecule has 0 aliphatic heterocycles. The Morgan fingerprint density at radius 2 is 1.86 bits per heavy atom. The summed E-state index contributed by atoms with van der Waals surface area (Å²) in [5.74, 6) is 1.55. The summed E-state index contributed by atoms with van der Waals surface area (Å²) in [7, 11) is 3.17. The van der Waals surface area contributed by atoms with E-state index < -0.39 is 0 Å². The molecule has 0 atom stereocenters. The van der Waals surface area contributed by atoms with E-state index in [1.165, 1.54) is 0 Å². The highest BCUT2D eigenvalue weighted by atomic mass is 16.5. The monoisotopic (exact) mass is 396 g/mol. The van der Waals surface area contributed by atoms with Gasteiger partial charge in [0.15, 0.2) is 0 Å². The molecule has 8 heteroatoms. The van der Waals surface area contributed by atoms with E-state index in [4.69, 9.17) is 14.2 Å². The lowest BCUT2D eigenvalue weighted by Gasteiger charge is -2.29. The zero-order valence-electron chi connectivity index (χ0n) is 16.5. The number of fused-ring (bicyclic) bond motifs is 1. The Kier molecular flexibility index (Phi) is 5.50. The molecule has 8 nitrogen and oxygen atoms in total. The minimum Gasteiger partial charge on any atom is -0.497 e. The summed E-state index contributed by atoms with van der Waals surface area (Å²) in [6.45, 7) is 0. The summed E-state index contributed by atoms with van der Waals surface area (Å²) in [6, 6.07) is 7.69. The lowest BCUT2D eigenvalue weighted by molar-refractivity contribution is 0.0885. The number of carbonyl (C=O) groups is 1. The van der Waals surface area contributed by atoms with Gasteiger partial charge < -0.3 is 24.5 Å². The van der Waals surface area contributed by atoms with Crippen molar-refractivity contribution in [2.45, 2.75) is 37.8 Å². The van der Waals surface area contributed by atoms with Crippen molar-refractivity contribution in [2.24, 2.45) is 0 Å². The van der Waals surface area contributed by atoms with E-state index >= 15 is 0 Å². The summed E-state index contributed by atoms with van der Waals surface area (Å²) >= 11 is 0. The van der Waals surface area contributed by atoms with Crippen LogP contribution in [0.3, 0.4) is 0 Å². The number of carbonyl (C=O) groups excluding carboxylic acids is 1. The predicted molar refractivity (Wildman–Crippen MR) is 108 cm³/mol. The SMILES string of the molecule is COc1ccc2cc(C(=O)NC3CCC(Oc4cncc(OC)n4)CC3)[nH]c2c1. The number of hydrogen-bond donors (Lipinski definition) is 2. The van der Waals surface area contributed by atoms with Crippen LogP contribution in [0.15, 0.2) is 36.7 Å². The second kappa shape index (κ2) is 8.38. The Morgan fingerprint density at radius 3 is 2.62 bits per heavy atom. The van der Waals surface area contributed by atoms with Crippen LogP contribution in [0.4, 0.5) is 0 Å². The van der Waals surface area contributed by atoms with Crippen molar-refractivity contribution < 1.29 is 19.0 Å². The van der Waals surface area contributed by atoms with Crippen molar-refractivity contribution in [3.05, 3.63) is 42.4 Å². The maximum atomic E-state index is 12.6. The van der Waals surface area contributed by atoms with Crippen LogP contribution in [-0.4, -0.2) is 47.2 Å². The minimum atomic E-state index is -0.0943. The summed E-state index contributed by atoms with van der Waals surface area (Å²) in [5.41, 5.74) is 1.43. The molecule has 2 aromatic heterocycles. The normalized spacial score (nSPS) is 19.0. The molecule has 3 aromatic rings. The van der Waals surface area contributed by atoms with E-state index in [9.17, 15) is 4.79 Å². The van der Waals surface area contributed by atoms with Crippen molar-refractivity contribution >= 4 is 16.8 Å². The Morgan fingerprint density at radius 1 is 1.07 bits per heavy atom. The van der Waals surface area contributed by atoms with E-state index in [0.717, 1.165) is 42.3 Å². The van der Waals surface area contributed by atoms with Gasteiger partial charge in [0.05, 0.1) is 26.6 Å². The third kappa shape index (κ3) is 4.42. The third-order valence-electron chi connectivity index (χ3n) is 5.17. The predicted octanol–water partition coefficient (Wildman–Crippen LogP) is 3.10. The average Bonchev–Trinajstić information content (AvgIpc) is 3.19. The number of nitrogens with zero attached hydrogens (tertiary/aromatic N) is 2. The maximum Gasteiger partial charge on any atom is 0.267 e.